The number of halogens is 1. The van der Waals surface area contributed by atoms with Gasteiger partial charge in [0.2, 0.25) is 0 Å². The van der Waals surface area contributed by atoms with Crippen LogP contribution in [0.3, 0.4) is 0 Å². The van der Waals surface area contributed by atoms with Crippen LogP contribution in [0, 0.1) is 6.92 Å². The molecule has 0 unspecified atom stereocenters. The molecule has 3 N–H and O–H groups in total. The molecule has 0 radical (unpaired) electrons. The lowest BCUT2D eigenvalue weighted by atomic mass is 10.2. The van der Waals surface area contributed by atoms with Crippen molar-refractivity contribution in [2.45, 2.75) is 6.92 Å². The lowest BCUT2D eigenvalue weighted by Crippen LogP contribution is -2.34. The number of benzene rings is 2. The number of rotatable bonds is 9. The van der Waals surface area contributed by atoms with Gasteiger partial charge in [0.05, 0.1) is 4.88 Å². The van der Waals surface area contributed by atoms with E-state index in [-0.39, 0.29) is 24.3 Å². The number of carbonyl (C=O) groups is 3. The van der Waals surface area contributed by atoms with E-state index in [9.17, 15) is 14.4 Å². The van der Waals surface area contributed by atoms with Crippen molar-refractivity contribution in [2.75, 3.05) is 25.0 Å². The average molecular weight is 472 g/mol. The molecule has 0 aliphatic rings. The van der Waals surface area contributed by atoms with Crippen molar-refractivity contribution in [1.82, 2.24) is 10.6 Å². The number of amides is 3. The number of hydrogen-bond acceptors (Lipinski definition) is 5. The first-order valence-electron chi connectivity index (χ1n) is 9.81. The Hall–Kier alpha value is -3.36. The predicted molar refractivity (Wildman–Crippen MR) is 126 cm³/mol. The van der Waals surface area contributed by atoms with Crippen molar-refractivity contribution in [3.05, 3.63) is 81.0 Å². The highest BCUT2D eigenvalue weighted by Crippen LogP contribution is 2.21. The number of nitrogens with one attached hydrogen (secondary N) is 3. The topological polar surface area (TPSA) is 96.5 Å². The third kappa shape index (κ3) is 6.83. The molecular formula is C23H22ClN3O4S. The highest BCUT2D eigenvalue weighted by molar-refractivity contribution is 7.12. The van der Waals surface area contributed by atoms with Gasteiger partial charge in [0.25, 0.3) is 17.7 Å². The van der Waals surface area contributed by atoms with Crippen LogP contribution in [-0.2, 0) is 4.79 Å². The second-order valence-corrected chi connectivity index (χ2v) is 8.17. The Balaban J connectivity index is 1.39. The van der Waals surface area contributed by atoms with E-state index in [0.717, 1.165) is 5.56 Å². The minimum absolute atomic E-state index is 0.152. The van der Waals surface area contributed by atoms with E-state index in [0.29, 0.717) is 40.0 Å². The van der Waals surface area contributed by atoms with Crippen LogP contribution in [0.2, 0.25) is 5.02 Å². The van der Waals surface area contributed by atoms with Gasteiger partial charge in [-0.15, -0.1) is 11.3 Å². The van der Waals surface area contributed by atoms with Crippen LogP contribution < -0.4 is 20.7 Å². The van der Waals surface area contributed by atoms with Gasteiger partial charge in [-0.3, -0.25) is 14.4 Å². The fourth-order valence-corrected chi connectivity index (χ4v) is 3.46. The van der Waals surface area contributed by atoms with Gasteiger partial charge in [-0.25, -0.2) is 0 Å². The number of thiophene rings is 1. The summed E-state index contributed by atoms with van der Waals surface area (Å²) in [6.07, 6.45) is 0. The molecule has 0 aliphatic carbocycles. The highest BCUT2D eigenvalue weighted by Gasteiger charge is 2.09. The molecule has 3 rings (SSSR count). The molecule has 0 saturated heterocycles. The van der Waals surface area contributed by atoms with Gasteiger partial charge in [-0.05, 0) is 66.4 Å². The van der Waals surface area contributed by atoms with Crippen molar-refractivity contribution in [3.63, 3.8) is 0 Å². The number of ether oxygens (including phenoxy) is 1. The highest BCUT2D eigenvalue weighted by atomic mass is 35.5. The fourth-order valence-electron chi connectivity index (χ4n) is 2.71. The molecule has 0 bridgehead atoms. The molecule has 166 valence electrons. The van der Waals surface area contributed by atoms with E-state index < -0.39 is 0 Å². The molecule has 32 heavy (non-hydrogen) atoms. The minimum atomic E-state index is -0.323. The molecule has 0 saturated carbocycles. The Morgan fingerprint density at radius 1 is 0.969 bits per heavy atom. The molecule has 2 aromatic carbocycles. The zero-order valence-corrected chi connectivity index (χ0v) is 18.9. The zero-order chi connectivity index (χ0) is 22.9. The third-order valence-electron chi connectivity index (χ3n) is 4.37. The normalized spacial score (nSPS) is 10.3. The molecule has 0 atom stereocenters. The maximum absolute atomic E-state index is 12.2. The average Bonchev–Trinajstić information content (AvgIpc) is 3.33. The number of aryl methyl sites for hydroxylation is 1. The molecule has 1 aromatic heterocycles. The van der Waals surface area contributed by atoms with Crippen molar-refractivity contribution in [2.24, 2.45) is 0 Å². The van der Waals surface area contributed by atoms with E-state index in [1.54, 1.807) is 54.6 Å². The lowest BCUT2D eigenvalue weighted by Gasteiger charge is -2.10. The third-order valence-corrected chi connectivity index (χ3v) is 5.66. The number of hydrogen-bond donors (Lipinski definition) is 3. The van der Waals surface area contributed by atoms with Crippen LogP contribution in [0.4, 0.5) is 5.69 Å². The summed E-state index contributed by atoms with van der Waals surface area (Å²) in [7, 11) is 0. The van der Waals surface area contributed by atoms with Gasteiger partial charge in [0, 0.05) is 29.4 Å². The van der Waals surface area contributed by atoms with E-state index in [2.05, 4.69) is 16.0 Å². The second kappa shape index (κ2) is 11.3. The van der Waals surface area contributed by atoms with Crippen LogP contribution in [0.25, 0.3) is 0 Å². The molecule has 3 aromatic rings. The maximum Gasteiger partial charge on any atom is 0.262 e. The van der Waals surface area contributed by atoms with Gasteiger partial charge in [0.1, 0.15) is 5.75 Å². The van der Waals surface area contributed by atoms with Crippen molar-refractivity contribution < 1.29 is 19.1 Å². The van der Waals surface area contributed by atoms with Crippen molar-refractivity contribution >= 4 is 46.3 Å². The second-order valence-electron chi connectivity index (χ2n) is 6.81. The first kappa shape index (κ1) is 23.3. The van der Waals surface area contributed by atoms with Gasteiger partial charge in [-0.1, -0.05) is 17.7 Å². The Kier molecular flexibility index (Phi) is 8.24. The Morgan fingerprint density at radius 3 is 2.34 bits per heavy atom. The summed E-state index contributed by atoms with van der Waals surface area (Å²) < 4.78 is 5.47. The van der Waals surface area contributed by atoms with Crippen LogP contribution >= 0.6 is 22.9 Å². The molecule has 9 heteroatoms. The predicted octanol–water partition coefficient (Wildman–Crippen LogP) is 3.89. The molecule has 0 spiro atoms. The quantitative estimate of drug-likeness (QED) is 0.412. The van der Waals surface area contributed by atoms with E-state index in [4.69, 9.17) is 16.3 Å². The Morgan fingerprint density at radius 2 is 1.69 bits per heavy atom. The standard InChI is InChI=1S/C23H22ClN3O4S/c1-15-13-18(8-9-19(15)24)31-14-21(28)27-17-6-4-16(5-7-17)22(29)25-10-11-26-23(30)20-3-2-12-32-20/h2-9,12-13H,10-11,14H2,1H3,(H,25,29)(H,26,30)(H,27,28). The van der Waals surface area contributed by atoms with Gasteiger partial charge in [0.15, 0.2) is 6.61 Å². The fraction of sp³-hybridized carbons (Fsp3) is 0.174. The summed E-state index contributed by atoms with van der Waals surface area (Å²) in [5, 5.41) is 10.7. The molecule has 1 heterocycles. The van der Waals surface area contributed by atoms with Gasteiger partial charge >= 0.3 is 0 Å². The molecular weight excluding hydrogens is 450 g/mol. The zero-order valence-electron chi connectivity index (χ0n) is 17.3. The molecule has 0 fully saturated rings. The summed E-state index contributed by atoms with van der Waals surface area (Å²) >= 11 is 7.33. The summed E-state index contributed by atoms with van der Waals surface area (Å²) in [5.74, 6) is -0.198. The minimum Gasteiger partial charge on any atom is -0.484 e. The summed E-state index contributed by atoms with van der Waals surface area (Å²) in [5.41, 5.74) is 1.86. The van der Waals surface area contributed by atoms with E-state index >= 15 is 0 Å². The van der Waals surface area contributed by atoms with Crippen molar-refractivity contribution in [3.8, 4) is 5.75 Å². The molecule has 7 nitrogen and oxygen atoms in total. The van der Waals surface area contributed by atoms with Crippen LogP contribution in [-0.4, -0.2) is 37.4 Å². The monoisotopic (exact) mass is 471 g/mol. The number of anilines is 1. The van der Waals surface area contributed by atoms with Crippen LogP contribution in [0.1, 0.15) is 25.6 Å². The largest absolute Gasteiger partial charge is 0.484 e. The summed E-state index contributed by atoms with van der Waals surface area (Å²) in [6.45, 7) is 2.33. The van der Waals surface area contributed by atoms with Crippen LogP contribution in [0.5, 0.6) is 5.75 Å². The van der Waals surface area contributed by atoms with E-state index in [1.165, 1.54) is 11.3 Å². The van der Waals surface area contributed by atoms with Gasteiger partial charge in [-0.2, -0.15) is 0 Å². The SMILES string of the molecule is Cc1cc(OCC(=O)Nc2ccc(C(=O)NCCNC(=O)c3cccs3)cc2)ccc1Cl. The summed E-state index contributed by atoms with van der Waals surface area (Å²) in [4.78, 5) is 36.8. The lowest BCUT2D eigenvalue weighted by molar-refractivity contribution is -0.118. The van der Waals surface area contributed by atoms with Crippen LogP contribution in [0.15, 0.2) is 60.0 Å². The van der Waals surface area contributed by atoms with Crippen molar-refractivity contribution in [1.29, 1.82) is 0 Å². The maximum atomic E-state index is 12.2. The Bertz CT molecular complexity index is 1090. The smallest absolute Gasteiger partial charge is 0.262 e. The summed E-state index contributed by atoms with van der Waals surface area (Å²) in [6, 6.07) is 15.2. The Labute approximate surface area is 194 Å². The van der Waals surface area contributed by atoms with Gasteiger partial charge < -0.3 is 20.7 Å². The first-order valence-corrected chi connectivity index (χ1v) is 11.1. The van der Waals surface area contributed by atoms with E-state index in [1.807, 2.05) is 12.3 Å². The first-order chi connectivity index (χ1) is 15.4. The molecule has 0 aliphatic heterocycles. The molecule has 3 amide bonds. The number of carbonyl (C=O) groups excluding carboxylic acids is 3.